The van der Waals surface area contributed by atoms with Gasteiger partial charge in [-0.2, -0.15) is 0 Å². The van der Waals surface area contributed by atoms with Crippen LogP contribution in [0.25, 0.3) is 10.4 Å². The highest BCUT2D eigenvalue weighted by atomic mass is 32.1. The molecule has 17 heavy (non-hydrogen) atoms. The first-order valence-corrected chi connectivity index (χ1v) is 6.13. The summed E-state index contributed by atoms with van der Waals surface area (Å²) < 4.78 is 0. The Kier molecular flexibility index (Phi) is 3.15. The summed E-state index contributed by atoms with van der Waals surface area (Å²) in [7, 11) is 0. The highest BCUT2D eigenvalue weighted by molar-refractivity contribution is 7.13. The summed E-state index contributed by atoms with van der Waals surface area (Å²) in [4.78, 5) is 11.9. The molecule has 88 valence electrons. The number of hydrogen-bond acceptors (Lipinski definition) is 3. The van der Waals surface area contributed by atoms with Crippen LogP contribution in [0.15, 0.2) is 29.6 Å². The van der Waals surface area contributed by atoms with Gasteiger partial charge in [-0.1, -0.05) is 6.92 Å². The van der Waals surface area contributed by atoms with Crippen LogP contribution in [0, 0.1) is 0 Å². The first kappa shape index (κ1) is 11.7. The number of aromatic hydroxyl groups is 1. The Bertz CT molecular complexity index is 558. The first-order valence-electron chi connectivity index (χ1n) is 5.25. The number of phenols is 1. The normalized spacial score (nSPS) is 10.4. The van der Waals surface area contributed by atoms with Gasteiger partial charge in [0, 0.05) is 4.88 Å². The summed E-state index contributed by atoms with van der Waals surface area (Å²) in [5, 5.41) is 20.5. The molecule has 1 aromatic carbocycles. The lowest BCUT2D eigenvalue weighted by atomic mass is 10.1. The Morgan fingerprint density at radius 2 is 2.06 bits per heavy atom. The van der Waals surface area contributed by atoms with E-state index in [1.165, 1.54) is 11.6 Å². The molecule has 0 saturated carbocycles. The van der Waals surface area contributed by atoms with Gasteiger partial charge < -0.3 is 10.2 Å². The molecule has 0 amide bonds. The van der Waals surface area contributed by atoms with Gasteiger partial charge in [0.25, 0.3) is 0 Å². The smallest absolute Gasteiger partial charge is 0.335 e. The first-order chi connectivity index (χ1) is 8.10. The lowest BCUT2D eigenvalue weighted by Gasteiger charge is -2.01. The van der Waals surface area contributed by atoms with Crippen molar-refractivity contribution in [3.8, 4) is 16.2 Å². The molecule has 0 unspecified atom stereocenters. The topological polar surface area (TPSA) is 57.5 Å². The third-order valence-corrected chi connectivity index (χ3v) is 3.54. The number of aryl methyl sites for hydroxylation is 1. The van der Waals surface area contributed by atoms with Crippen LogP contribution in [-0.2, 0) is 6.42 Å². The Labute approximate surface area is 103 Å². The minimum atomic E-state index is -1.03. The molecule has 2 aromatic rings. The monoisotopic (exact) mass is 248 g/mol. The van der Waals surface area contributed by atoms with E-state index in [0.29, 0.717) is 0 Å². The molecule has 3 nitrogen and oxygen atoms in total. The fraction of sp³-hybridized carbons (Fsp3) is 0.154. The van der Waals surface area contributed by atoms with E-state index in [0.717, 1.165) is 16.9 Å². The maximum Gasteiger partial charge on any atom is 0.335 e. The average molecular weight is 248 g/mol. The van der Waals surface area contributed by atoms with Gasteiger partial charge in [0.1, 0.15) is 5.75 Å². The third kappa shape index (κ3) is 2.47. The van der Waals surface area contributed by atoms with Gasteiger partial charge in [-0.05, 0) is 47.2 Å². The number of carbonyl (C=O) groups is 1. The molecule has 0 aliphatic rings. The molecule has 0 aliphatic carbocycles. The lowest BCUT2D eigenvalue weighted by Crippen LogP contribution is -1.95. The second-order valence-electron chi connectivity index (χ2n) is 3.75. The van der Waals surface area contributed by atoms with Crippen LogP contribution < -0.4 is 0 Å². The van der Waals surface area contributed by atoms with Crippen molar-refractivity contribution in [3.63, 3.8) is 0 Å². The molecule has 4 heteroatoms. The van der Waals surface area contributed by atoms with Crippen molar-refractivity contribution in [2.24, 2.45) is 0 Å². The van der Waals surface area contributed by atoms with E-state index in [1.54, 1.807) is 23.5 Å². The zero-order valence-corrected chi connectivity index (χ0v) is 10.1. The average Bonchev–Trinajstić information content (AvgIpc) is 2.76. The summed E-state index contributed by atoms with van der Waals surface area (Å²) in [6, 6.07) is 6.43. The number of benzene rings is 1. The number of aromatic carboxylic acids is 1. The van der Waals surface area contributed by atoms with Crippen molar-refractivity contribution >= 4 is 17.3 Å². The van der Waals surface area contributed by atoms with Gasteiger partial charge >= 0.3 is 5.97 Å². The molecule has 2 N–H and O–H groups in total. The van der Waals surface area contributed by atoms with E-state index >= 15 is 0 Å². The highest BCUT2D eigenvalue weighted by Gasteiger charge is 2.09. The van der Waals surface area contributed by atoms with E-state index in [1.807, 2.05) is 11.4 Å². The zero-order valence-electron chi connectivity index (χ0n) is 9.30. The molecule has 0 aliphatic heterocycles. The molecule has 0 bridgehead atoms. The standard InChI is InChI=1S/C13H12O3S/c1-2-8-3-12(17-7-8)9-4-10(13(15)16)6-11(14)5-9/h3-7,14H,2H2,1H3,(H,15,16). The fourth-order valence-corrected chi connectivity index (χ4v) is 2.58. The molecule has 1 aromatic heterocycles. The molecule has 0 radical (unpaired) electrons. The van der Waals surface area contributed by atoms with E-state index < -0.39 is 5.97 Å². The maximum atomic E-state index is 10.9. The number of phenolic OH excluding ortho intramolecular Hbond substituents is 1. The maximum absolute atomic E-state index is 10.9. The number of rotatable bonds is 3. The van der Waals surface area contributed by atoms with Crippen LogP contribution in [0.2, 0.25) is 0 Å². The largest absolute Gasteiger partial charge is 0.508 e. The van der Waals surface area contributed by atoms with Crippen LogP contribution in [0.1, 0.15) is 22.8 Å². The molecule has 0 saturated heterocycles. The van der Waals surface area contributed by atoms with Crippen LogP contribution in [0.4, 0.5) is 0 Å². The molecule has 0 spiro atoms. The number of hydrogen-bond donors (Lipinski definition) is 2. The quantitative estimate of drug-likeness (QED) is 0.875. The van der Waals surface area contributed by atoms with E-state index in [4.69, 9.17) is 5.11 Å². The summed E-state index contributed by atoms with van der Waals surface area (Å²) >= 11 is 1.55. The zero-order chi connectivity index (χ0) is 12.4. The summed E-state index contributed by atoms with van der Waals surface area (Å²) in [5.74, 6) is -1.05. The second-order valence-corrected chi connectivity index (χ2v) is 4.66. The summed E-state index contributed by atoms with van der Waals surface area (Å²) in [6.07, 6.45) is 0.946. The number of carboxylic acid groups (broad SMARTS) is 1. The van der Waals surface area contributed by atoms with Crippen molar-refractivity contribution < 1.29 is 15.0 Å². The molecule has 1 heterocycles. The Morgan fingerprint density at radius 3 is 2.65 bits per heavy atom. The van der Waals surface area contributed by atoms with Crippen LogP contribution in [-0.4, -0.2) is 16.2 Å². The van der Waals surface area contributed by atoms with Crippen LogP contribution in [0.3, 0.4) is 0 Å². The molecule has 0 fully saturated rings. The van der Waals surface area contributed by atoms with Gasteiger partial charge in [0.15, 0.2) is 0 Å². The lowest BCUT2D eigenvalue weighted by molar-refractivity contribution is 0.0696. The second kappa shape index (κ2) is 4.59. The van der Waals surface area contributed by atoms with E-state index in [-0.39, 0.29) is 11.3 Å². The Balaban J connectivity index is 2.47. The van der Waals surface area contributed by atoms with Gasteiger partial charge in [0.2, 0.25) is 0 Å². The number of thiophene rings is 1. The number of carboxylic acids is 1. The van der Waals surface area contributed by atoms with Gasteiger partial charge in [-0.15, -0.1) is 11.3 Å². The molecule has 0 atom stereocenters. The minimum Gasteiger partial charge on any atom is -0.508 e. The van der Waals surface area contributed by atoms with Gasteiger partial charge in [-0.25, -0.2) is 4.79 Å². The summed E-state index contributed by atoms with van der Waals surface area (Å²) in [6.45, 7) is 2.07. The molecule has 2 rings (SSSR count). The van der Waals surface area contributed by atoms with Crippen molar-refractivity contribution in [1.82, 2.24) is 0 Å². The predicted octanol–water partition coefficient (Wildman–Crippen LogP) is 3.38. The molecular weight excluding hydrogens is 236 g/mol. The van der Waals surface area contributed by atoms with Crippen molar-refractivity contribution in [3.05, 3.63) is 40.8 Å². The third-order valence-electron chi connectivity index (χ3n) is 2.51. The van der Waals surface area contributed by atoms with Crippen molar-refractivity contribution in [1.29, 1.82) is 0 Å². The van der Waals surface area contributed by atoms with Crippen molar-refractivity contribution in [2.45, 2.75) is 13.3 Å². The van der Waals surface area contributed by atoms with Gasteiger partial charge in [0.05, 0.1) is 5.56 Å². The Hall–Kier alpha value is -1.81. The van der Waals surface area contributed by atoms with E-state index in [2.05, 4.69) is 6.92 Å². The van der Waals surface area contributed by atoms with E-state index in [9.17, 15) is 9.90 Å². The van der Waals surface area contributed by atoms with Crippen molar-refractivity contribution in [2.75, 3.05) is 0 Å². The van der Waals surface area contributed by atoms with Gasteiger partial charge in [-0.3, -0.25) is 0 Å². The highest BCUT2D eigenvalue weighted by Crippen LogP contribution is 2.30. The van der Waals surface area contributed by atoms with Crippen LogP contribution >= 0.6 is 11.3 Å². The SMILES string of the molecule is CCc1csc(-c2cc(O)cc(C(=O)O)c2)c1. The molecular formula is C13H12O3S. The minimum absolute atomic E-state index is 0.0219. The van der Waals surface area contributed by atoms with Crippen LogP contribution in [0.5, 0.6) is 5.75 Å². The fourth-order valence-electron chi connectivity index (χ4n) is 1.59. The summed E-state index contributed by atoms with van der Waals surface area (Å²) in [5.41, 5.74) is 2.06. The predicted molar refractivity (Wildman–Crippen MR) is 67.8 cm³/mol. The Morgan fingerprint density at radius 1 is 1.29 bits per heavy atom.